The highest BCUT2D eigenvalue weighted by molar-refractivity contribution is 4.90. The molecule has 0 nitrogen and oxygen atoms in total. The Bertz CT molecular complexity index is 120. The summed E-state index contributed by atoms with van der Waals surface area (Å²) in [7, 11) is 0. The molecular weight excluding hydrogens is 144 g/mol. The third kappa shape index (κ3) is 9.48. The summed E-state index contributed by atoms with van der Waals surface area (Å²) in [6.45, 7) is 8.84. The van der Waals surface area contributed by atoms with Crippen LogP contribution in [0.3, 0.4) is 0 Å². The SMILES string of the molecule is CC(C)C=CCCC=CC(C)C. The first-order valence-corrected chi connectivity index (χ1v) is 4.96. The zero-order valence-corrected chi connectivity index (χ0v) is 8.88. The highest BCUT2D eigenvalue weighted by Gasteiger charge is 1.84. The van der Waals surface area contributed by atoms with Crippen molar-refractivity contribution in [2.45, 2.75) is 40.5 Å². The van der Waals surface area contributed by atoms with Crippen molar-refractivity contribution >= 4 is 0 Å². The summed E-state index contributed by atoms with van der Waals surface area (Å²) in [5.74, 6) is 1.39. The molecule has 0 heteroatoms. The number of hydrogen-bond donors (Lipinski definition) is 0. The lowest BCUT2D eigenvalue weighted by Crippen LogP contribution is -1.78. The normalized spacial score (nSPS) is 12.8. The first-order chi connectivity index (χ1) is 5.63. The summed E-state index contributed by atoms with van der Waals surface area (Å²) in [5, 5.41) is 0. The lowest BCUT2D eigenvalue weighted by Gasteiger charge is -1.94. The molecule has 0 spiro atoms. The fourth-order valence-electron chi connectivity index (χ4n) is 0.929. The van der Waals surface area contributed by atoms with Gasteiger partial charge in [0, 0.05) is 0 Å². The van der Waals surface area contributed by atoms with Crippen molar-refractivity contribution in [3.8, 4) is 0 Å². The maximum Gasteiger partial charge on any atom is -0.0290 e. The van der Waals surface area contributed by atoms with E-state index in [1.54, 1.807) is 0 Å². The van der Waals surface area contributed by atoms with Crippen LogP contribution in [-0.4, -0.2) is 0 Å². The predicted molar refractivity (Wildman–Crippen MR) is 57.2 cm³/mol. The van der Waals surface area contributed by atoms with Gasteiger partial charge in [0.05, 0.1) is 0 Å². The smallest absolute Gasteiger partial charge is 0.0290 e. The summed E-state index contributed by atoms with van der Waals surface area (Å²) in [4.78, 5) is 0. The van der Waals surface area contributed by atoms with Crippen molar-refractivity contribution in [1.82, 2.24) is 0 Å². The second-order valence-electron chi connectivity index (χ2n) is 3.92. The Kier molecular flexibility index (Phi) is 6.84. The maximum absolute atomic E-state index is 2.27. The zero-order valence-electron chi connectivity index (χ0n) is 8.88. The third-order valence-corrected chi connectivity index (χ3v) is 1.54. The first kappa shape index (κ1) is 11.5. The minimum atomic E-state index is 0.694. The summed E-state index contributed by atoms with van der Waals surface area (Å²) >= 11 is 0. The quantitative estimate of drug-likeness (QED) is 0.424. The van der Waals surface area contributed by atoms with Crippen LogP contribution in [0.2, 0.25) is 0 Å². The number of rotatable bonds is 5. The van der Waals surface area contributed by atoms with Crippen molar-refractivity contribution in [3.05, 3.63) is 24.3 Å². The Morgan fingerprint density at radius 3 is 1.33 bits per heavy atom. The molecule has 0 amide bonds. The van der Waals surface area contributed by atoms with Crippen molar-refractivity contribution < 1.29 is 0 Å². The van der Waals surface area contributed by atoms with Gasteiger partial charge in [-0.25, -0.2) is 0 Å². The average Bonchev–Trinajstić information content (AvgIpc) is 1.95. The molecule has 0 aromatic heterocycles. The van der Waals surface area contributed by atoms with Gasteiger partial charge in [0.1, 0.15) is 0 Å². The van der Waals surface area contributed by atoms with Gasteiger partial charge in [0.2, 0.25) is 0 Å². The third-order valence-electron chi connectivity index (χ3n) is 1.54. The molecule has 0 bridgehead atoms. The Morgan fingerprint density at radius 2 is 1.08 bits per heavy atom. The van der Waals surface area contributed by atoms with Crippen molar-refractivity contribution in [2.75, 3.05) is 0 Å². The van der Waals surface area contributed by atoms with Crippen LogP contribution in [0.15, 0.2) is 24.3 Å². The van der Waals surface area contributed by atoms with Crippen molar-refractivity contribution in [3.63, 3.8) is 0 Å². The molecule has 0 heterocycles. The molecule has 0 atom stereocenters. The molecule has 0 aromatic rings. The molecule has 0 rings (SSSR count). The molecule has 0 N–H and O–H groups in total. The van der Waals surface area contributed by atoms with Crippen LogP contribution in [0.25, 0.3) is 0 Å². The molecule has 0 aromatic carbocycles. The van der Waals surface area contributed by atoms with Crippen LogP contribution < -0.4 is 0 Å². The molecule has 70 valence electrons. The molecule has 0 saturated heterocycles. The van der Waals surface area contributed by atoms with Gasteiger partial charge in [-0.3, -0.25) is 0 Å². The minimum absolute atomic E-state index is 0.694. The maximum atomic E-state index is 2.27. The van der Waals surface area contributed by atoms with Gasteiger partial charge in [-0.05, 0) is 24.7 Å². The van der Waals surface area contributed by atoms with Crippen molar-refractivity contribution in [1.29, 1.82) is 0 Å². The fourth-order valence-corrected chi connectivity index (χ4v) is 0.929. The Labute approximate surface area is 77.4 Å². The van der Waals surface area contributed by atoms with Gasteiger partial charge < -0.3 is 0 Å². The second kappa shape index (κ2) is 7.15. The molecular formula is C12H22. The summed E-state index contributed by atoms with van der Waals surface area (Å²) < 4.78 is 0. The summed E-state index contributed by atoms with van der Waals surface area (Å²) in [6.07, 6.45) is 11.4. The van der Waals surface area contributed by atoms with Crippen LogP contribution >= 0.6 is 0 Å². The van der Waals surface area contributed by atoms with Gasteiger partial charge in [0.15, 0.2) is 0 Å². The van der Waals surface area contributed by atoms with E-state index < -0.39 is 0 Å². The monoisotopic (exact) mass is 166 g/mol. The van der Waals surface area contributed by atoms with E-state index in [0.29, 0.717) is 11.8 Å². The van der Waals surface area contributed by atoms with E-state index in [1.807, 2.05) is 0 Å². The molecule has 0 fully saturated rings. The number of allylic oxidation sites excluding steroid dienone is 4. The largest absolute Gasteiger partial charge is 0.0880 e. The molecule has 0 aliphatic rings. The van der Waals surface area contributed by atoms with Gasteiger partial charge in [0.25, 0.3) is 0 Å². The molecule has 0 unspecified atom stereocenters. The van der Waals surface area contributed by atoms with E-state index in [0.717, 1.165) is 0 Å². The van der Waals surface area contributed by atoms with Crippen LogP contribution in [-0.2, 0) is 0 Å². The van der Waals surface area contributed by atoms with E-state index in [-0.39, 0.29) is 0 Å². The molecule has 12 heavy (non-hydrogen) atoms. The molecule has 0 saturated carbocycles. The van der Waals surface area contributed by atoms with Crippen LogP contribution in [0, 0.1) is 11.8 Å². The molecule has 0 aliphatic carbocycles. The zero-order chi connectivity index (χ0) is 9.40. The van der Waals surface area contributed by atoms with E-state index >= 15 is 0 Å². The number of unbranched alkanes of at least 4 members (excludes halogenated alkanes) is 1. The van der Waals surface area contributed by atoms with E-state index in [1.165, 1.54) is 12.8 Å². The van der Waals surface area contributed by atoms with E-state index in [9.17, 15) is 0 Å². The van der Waals surface area contributed by atoms with Gasteiger partial charge >= 0.3 is 0 Å². The van der Waals surface area contributed by atoms with Crippen LogP contribution in [0.4, 0.5) is 0 Å². The number of hydrogen-bond acceptors (Lipinski definition) is 0. The highest BCUT2D eigenvalue weighted by Crippen LogP contribution is 2.00. The lowest BCUT2D eigenvalue weighted by atomic mass is 10.1. The van der Waals surface area contributed by atoms with Gasteiger partial charge in [-0.15, -0.1) is 0 Å². The predicted octanol–water partition coefficient (Wildman–Crippen LogP) is 4.19. The van der Waals surface area contributed by atoms with Crippen molar-refractivity contribution in [2.24, 2.45) is 11.8 Å². The topological polar surface area (TPSA) is 0 Å². The first-order valence-electron chi connectivity index (χ1n) is 4.96. The minimum Gasteiger partial charge on any atom is -0.0880 e. The lowest BCUT2D eigenvalue weighted by molar-refractivity contribution is 0.815. The van der Waals surface area contributed by atoms with Gasteiger partial charge in [-0.1, -0.05) is 52.0 Å². The van der Waals surface area contributed by atoms with E-state index in [4.69, 9.17) is 0 Å². The van der Waals surface area contributed by atoms with Crippen LogP contribution in [0.1, 0.15) is 40.5 Å². The Morgan fingerprint density at radius 1 is 0.750 bits per heavy atom. The standard InChI is InChI=1S/C12H22/c1-11(2)9-7-5-6-8-10-12(3)4/h7-12H,5-6H2,1-4H3. The summed E-state index contributed by atoms with van der Waals surface area (Å²) in [5.41, 5.74) is 0. The Balaban J connectivity index is 3.32. The fraction of sp³-hybridized carbons (Fsp3) is 0.667. The molecule has 0 aliphatic heterocycles. The van der Waals surface area contributed by atoms with E-state index in [2.05, 4.69) is 52.0 Å². The second-order valence-corrected chi connectivity index (χ2v) is 3.92. The average molecular weight is 166 g/mol. The molecule has 0 radical (unpaired) electrons. The Hall–Kier alpha value is -0.520. The summed E-state index contributed by atoms with van der Waals surface area (Å²) in [6, 6.07) is 0. The highest BCUT2D eigenvalue weighted by atomic mass is 13.9. The van der Waals surface area contributed by atoms with Crippen LogP contribution in [0.5, 0.6) is 0 Å². The van der Waals surface area contributed by atoms with Gasteiger partial charge in [-0.2, -0.15) is 0 Å².